The first-order chi connectivity index (χ1) is 9.04. The van der Waals surface area contributed by atoms with Gasteiger partial charge in [-0.15, -0.1) is 0 Å². The van der Waals surface area contributed by atoms with E-state index in [1.54, 1.807) is 6.07 Å². The van der Waals surface area contributed by atoms with Crippen molar-refractivity contribution in [3.8, 4) is 5.75 Å². The zero-order valence-corrected chi connectivity index (χ0v) is 11.8. The fraction of sp³-hybridized carbons (Fsp3) is 0.533. The summed E-state index contributed by atoms with van der Waals surface area (Å²) in [6.07, 6.45) is 4.44. The molecule has 0 aliphatic heterocycles. The number of hydrogen-bond donors (Lipinski definition) is 3. The van der Waals surface area contributed by atoms with Crippen LogP contribution >= 0.6 is 0 Å². The van der Waals surface area contributed by atoms with Crippen molar-refractivity contribution >= 4 is 11.6 Å². The molecule has 1 rings (SSSR count). The number of nitrogens with one attached hydrogen (secondary N) is 1. The van der Waals surface area contributed by atoms with Crippen LogP contribution in [0, 0.1) is 13.8 Å². The molecule has 0 fully saturated rings. The number of carbonyl (C=O) groups is 1. The molecule has 0 saturated carbocycles. The summed E-state index contributed by atoms with van der Waals surface area (Å²) in [4.78, 5) is 11.8. The maximum atomic E-state index is 11.8. The number of amides is 1. The van der Waals surface area contributed by atoms with Gasteiger partial charge in [-0.1, -0.05) is 18.9 Å². The van der Waals surface area contributed by atoms with E-state index < -0.39 is 0 Å². The lowest BCUT2D eigenvalue weighted by molar-refractivity contribution is -0.116. The summed E-state index contributed by atoms with van der Waals surface area (Å²) in [6.45, 7) is 4.47. The molecule has 1 aromatic carbocycles. The number of benzene rings is 1. The van der Waals surface area contributed by atoms with Crippen molar-refractivity contribution in [2.24, 2.45) is 5.73 Å². The lowest BCUT2D eigenvalue weighted by Gasteiger charge is -2.10. The fourth-order valence-electron chi connectivity index (χ4n) is 2.05. The number of phenols is 1. The Morgan fingerprint density at radius 3 is 2.58 bits per heavy atom. The molecule has 0 aliphatic carbocycles. The van der Waals surface area contributed by atoms with Crippen molar-refractivity contribution in [2.75, 3.05) is 11.9 Å². The van der Waals surface area contributed by atoms with Gasteiger partial charge in [-0.05, 0) is 50.4 Å². The van der Waals surface area contributed by atoms with Gasteiger partial charge in [0.05, 0.1) is 5.69 Å². The van der Waals surface area contributed by atoms with Crippen LogP contribution in [0.25, 0.3) is 0 Å². The molecule has 4 heteroatoms. The molecule has 0 aliphatic rings. The highest BCUT2D eigenvalue weighted by Gasteiger charge is 2.09. The van der Waals surface area contributed by atoms with Crippen LogP contribution in [0.1, 0.15) is 43.2 Å². The van der Waals surface area contributed by atoms with Crippen molar-refractivity contribution in [1.82, 2.24) is 0 Å². The molecule has 4 N–H and O–H groups in total. The Labute approximate surface area is 115 Å². The Hall–Kier alpha value is -1.55. The molecule has 0 atom stereocenters. The van der Waals surface area contributed by atoms with Gasteiger partial charge >= 0.3 is 0 Å². The lowest BCUT2D eigenvalue weighted by atomic mass is 10.1. The third-order valence-corrected chi connectivity index (χ3v) is 3.08. The van der Waals surface area contributed by atoms with Gasteiger partial charge in [-0.3, -0.25) is 4.79 Å². The first kappa shape index (κ1) is 15.5. The zero-order valence-electron chi connectivity index (χ0n) is 11.8. The second-order valence-corrected chi connectivity index (χ2v) is 4.98. The van der Waals surface area contributed by atoms with Crippen LogP contribution in [-0.4, -0.2) is 17.6 Å². The molecule has 1 amide bonds. The van der Waals surface area contributed by atoms with Crippen molar-refractivity contribution in [2.45, 2.75) is 46.0 Å². The van der Waals surface area contributed by atoms with E-state index in [0.717, 1.165) is 36.8 Å². The normalized spacial score (nSPS) is 10.5. The van der Waals surface area contributed by atoms with E-state index in [1.165, 1.54) is 0 Å². The molecule has 0 saturated heterocycles. The largest absolute Gasteiger partial charge is 0.505 e. The summed E-state index contributed by atoms with van der Waals surface area (Å²) in [5.74, 6) is 0.107. The summed E-state index contributed by atoms with van der Waals surface area (Å²) in [7, 11) is 0. The number of rotatable bonds is 7. The first-order valence-corrected chi connectivity index (χ1v) is 6.84. The lowest BCUT2D eigenvalue weighted by Crippen LogP contribution is -2.11. The molecule has 0 spiro atoms. The predicted octanol–water partition coefficient (Wildman–Crippen LogP) is 2.86. The van der Waals surface area contributed by atoms with Gasteiger partial charge in [0.15, 0.2) is 0 Å². The third-order valence-electron chi connectivity index (χ3n) is 3.08. The fourth-order valence-corrected chi connectivity index (χ4v) is 2.05. The molecule has 0 aromatic heterocycles. The van der Waals surface area contributed by atoms with Gasteiger partial charge in [0.25, 0.3) is 0 Å². The van der Waals surface area contributed by atoms with E-state index in [0.29, 0.717) is 18.7 Å². The summed E-state index contributed by atoms with van der Waals surface area (Å²) in [6, 6.07) is 3.67. The van der Waals surface area contributed by atoms with Crippen LogP contribution < -0.4 is 11.1 Å². The Morgan fingerprint density at radius 2 is 1.89 bits per heavy atom. The minimum atomic E-state index is -0.0481. The molecule has 4 nitrogen and oxygen atoms in total. The van der Waals surface area contributed by atoms with Gasteiger partial charge in [0.1, 0.15) is 5.75 Å². The molecule has 0 unspecified atom stereocenters. The van der Waals surface area contributed by atoms with Gasteiger partial charge < -0.3 is 16.2 Å². The van der Waals surface area contributed by atoms with E-state index in [2.05, 4.69) is 5.32 Å². The van der Waals surface area contributed by atoms with Crippen molar-refractivity contribution in [3.05, 3.63) is 23.3 Å². The Kier molecular flexibility index (Phi) is 6.36. The molecule has 19 heavy (non-hydrogen) atoms. The second kappa shape index (κ2) is 7.79. The third kappa shape index (κ3) is 5.30. The number of anilines is 1. The first-order valence-electron chi connectivity index (χ1n) is 6.84. The predicted molar refractivity (Wildman–Crippen MR) is 78.3 cm³/mol. The summed E-state index contributed by atoms with van der Waals surface area (Å²) in [5, 5.41) is 12.7. The SMILES string of the molecule is Cc1cc(C)c(O)c(NC(=O)CCCCCCN)c1. The smallest absolute Gasteiger partial charge is 0.224 e. The quantitative estimate of drug-likeness (QED) is 0.523. The van der Waals surface area contributed by atoms with Gasteiger partial charge in [-0.2, -0.15) is 0 Å². The van der Waals surface area contributed by atoms with Crippen molar-refractivity contribution in [1.29, 1.82) is 0 Å². The van der Waals surface area contributed by atoms with Crippen LogP contribution in [0.5, 0.6) is 5.75 Å². The van der Waals surface area contributed by atoms with Gasteiger partial charge in [0.2, 0.25) is 5.91 Å². The average Bonchev–Trinajstić information content (AvgIpc) is 2.35. The van der Waals surface area contributed by atoms with Crippen LogP contribution in [0.15, 0.2) is 12.1 Å². The molecule has 0 radical (unpaired) electrons. The van der Waals surface area contributed by atoms with Gasteiger partial charge in [0, 0.05) is 6.42 Å². The zero-order chi connectivity index (χ0) is 14.3. The molecule has 0 heterocycles. The Morgan fingerprint density at radius 1 is 1.21 bits per heavy atom. The number of phenolic OH excluding ortho intramolecular Hbond substituents is 1. The Balaban J connectivity index is 2.44. The second-order valence-electron chi connectivity index (χ2n) is 4.98. The van der Waals surface area contributed by atoms with E-state index in [4.69, 9.17) is 5.73 Å². The highest BCUT2D eigenvalue weighted by molar-refractivity contribution is 5.92. The highest BCUT2D eigenvalue weighted by Crippen LogP contribution is 2.28. The Bertz CT molecular complexity index is 430. The van der Waals surface area contributed by atoms with Gasteiger partial charge in [-0.25, -0.2) is 0 Å². The van der Waals surface area contributed by atoms with E-state index in [9.17, 15) is 9.90 Å². The maximum absolute atomic E-state index is 11.8. The molecule has 1 aromatic rings. The van der Waals surface area contributed by atoms with Crippen LogP contribution in [0.2, 0.25) is 0 Å². The monoisotopic (exact) mass is 264 g/mol. The average molecular weight is 264 g/mol. The van der Waals surface area contributed by atoms with E-state index >= 15 is 0 Å². The van der Waals surface area contributed by atoms with Crippen LogP contribution in [0.4, 0.5) is 5.69 Å². The number of aryl methyl sites for hydroxylation is 2. The molecule has 0 bridgehead atoms. The summed E-state index contributed by atoms with van der Waals surface area (Å²) in [5.41, 5.74) is 7.71. The minimum absolute atomic E-state index is 0.0481. The van der Waals surface area contributed by atoms with Crippen LogP contribution in [-0.2, 0) is 4.79 Å². The van der Waals surface area contributed by atoms with E-state index in [-0.39, 0.29) is 11.7 Å². The number of hydrogen-bond acceptors (Lipinski definition) is 3. The number of unbranched alkanes of at least 4 members (excludes halogenated alkanes) is 3. The standard InChI is InChI=1S/C15H24N2O2/c1-11-9-12(2)15(19)13(10-11)17-14(18)7-5-3-4-6-8-16/h9-10,19H,3-8,16H2,1-2H3,(H,17,18). The van der Waals surface area contributed by atoms with Crippen molar-refractivity contribution < 1.29 is 9.90 Å². The number of nitrogens with two attached hydrogens (primary N) is 1. The van der Waals surface area contributed by atoms with E-state index in [1.807, 2.05) is 19.9 Å². The summed E-state index contributed by atoms with van der Waals surface area (Å²) < 4.78 is 0. The number of carbonyl (C=O) groups excluding carboxylic acids is 1. The summed E-state index contributed by atoms with van der Waals surface area (Å²) >= 11 is 0. The molecule has 106 valence electrons. The molecular weight excluding hydrogens is 240 g/mol. The minimum Gasteiger partial charge on any atom is -0.505 e. The molecular formula is C15H24N2O2. The number of aromatic hydroxyl groups is 1. The van der Waals surface area contributed by atoms with Crippen LogP contribution in [0.3, 0.4) is 0 Å². The topological polar surface area (TPSA) is 75.3 Å². The maximum Gasteiger partial charge on any atom is 0.224 e. The highest BCUT2D eigenvalue weighted by atomic mass is 16.3. The van der Waals surface area contributed by atoms with Crippen molar-refractivity contribution in [3.63, 3.8) is 0 Å².